The first-order valence-electron chi connectivity index (χ1n) is 8.34. The lowest BCUT2D eigenvalue weighted by Gasteiger charge is -2.25. The van der Waals surface area contributed by atoms with E-state index in [0.29, 0.717) is 22.3 Å². The van der Waals surface area contributed by atoms with Gasteiger partial charge in [-0.15, -0.1) is 10.2 Å². The number of piperidine rings is 1. The van der Waals surface area contributed by atoms with Gasteiger partial charge in [-0.1, -0.05) is 48.2 Å². The Bertz CT molecular complexity index is 926. The number of sulfonamides is 1. The summed E-state index contributed by atoms with van der Waals surface area (Å²) in [5, 5.41) is 19.6. The van der Waals surface area contributed by atoms with Gasteiger partial charge in [-0.3, -0.25) is 10.1 Å². The van der Waals surface area contributed by atoms with Crippen LogP contribution in [0.15, 0.2) is 36.7 Å². The van der Waals surface area contributed by atoms with Gasteiger partial charge in [0.15, 0.2) is 8.68 Å². The molecule has 0 spiro atoms. The standard InChI is InChI=1S/C15H18N4O4S4/c1-2-24-14-16-17-15(26-14)25-13-7-6-11(10-12(13)19(20)21)27(22,23)18-8-4-3-5-9-18/h6-7,10H,2-5,8-9H2,1H3. The van der Waals surface area contributed by atoms with E-state index in [1.54, 1.807) is 11.8 Å². The Morgan fingerprint density at radius 2 is 1.93 bits per heavy atom. The molecule has 12 heteroatoms. The van der Waals surface area contributed by atoms with Gasteiger partial charge in [-0.05, 0) is 30.7 Å². The van der Waals surface area contributed by atoms with Gasteiger partial charge in [0.2, 0.25) is 10.0 Å². The molecule has 146 valence electrons. The van der Waals surface area contributed by atoms with Gasteiger partial charge in [-0.25, -0.2) is 8.42 Å². The van der Waals surface area contributed by atoms with Gasteiger partial charge >= 0.3 is 0 Å². The molecule has 0 unspecified atom stereocenters. The van der Waals surface area contributed by atoms with Crippen LogP contribution in [-0.4, -0.2) is 46.7 Å². The summed E-state index contributed by atoms with van der Waals surface area (Å²) in [6.07, 6.45) is 2.62. The summed E-state index contributed by atoms with van der Waals surface area (Å²) in [6.45, 7) is 2.91. The van der Waals surface area contributed by atoms with Crippen molar-refractivity contribution in [2.24, 2.45) is 0 Å². The summed E-state index contributed by atoms with van der Waals surface area (Å²) in [5.74, 6) is 0.864. The van der Waals surface area contributed by atoms with Gasteiger partial charge in [0.05, 0.1) is 14.7 Å². The summed E-state index contributed by atoms with van der Waals surface area (Å²) < 4.78 is 28.3. The minimum atomic E-state index is -3.72. The number of nitrogens with zero attached hydrogens (tertiary/aromatic N) is 4. The Kier molecular flexibility index (Phi) is 6.74. The topological polar surface area (TPSA) is 106 Å². The summed E-state index contributed by atoms with van der Waals surface area (Å²) in [4.78, 5) is 11.3. The third-order valence-corrected chi connectivity index (χ3v) is 8.88. The fraction of sp³-hybridized carbons (Fsp3) is 0.467. The molecule has 0 amide bonds. The molecule has 1 aromatic carbocycles. The minimum absolute atomic E-state index is 0.0417. The Morgan fingerprint density at radius 1 is 1.22 bits per heavy atom. The van der Waals surface area contributed by atoms with E-state index in [-0.39, 0.29) is 10.6 Å². The molecule has 1 aliphatic rings. The van der Waals surface area contributed by atoms with Crippen molar-refractivity contribution >= 4 is 50.6 Å². The maximum Gasteiger partial charge on any atom is 0.284 e. The van der Waals surface area contributed by atoms with E-state index in [2.05, 4.69) is 10.2 Å². The third-order valence-electron chi connectivity index (χ3n) is 3.93. The normalized spacial score (nSPS) is 15.7. The highest BCUT2D eigenvalue weighted by molar-refractivity contribution is 8.03. The number of hydrogen-bond donors (Lipinski definition) is 0. The molecule has 0 bridgehead atoms. The van der Waals surface area contributed by atoms with E-state index in [4.69, 9.17) is 0 Å². The Labute approximate surface area is 170 Å². The molecule has 2 aromatic rings. The molecular formula is C15H18N4O4S4. The highest BCUT2D eigenvalue weighted by Crippen LogP contribution is 2.39. The SMILES string of the molecule is CCSc1nnc(Sc2ccc(S(=O)(=O)N3CCCCC3)cc2[N+](=O)[O-])s1. The molecule has 0 N–H and O–H groups in total. The predicted octanol–water partition coefficient (Wildman–Crippen LogP) is 3.88. The Hall–Kier alpha value is -1.21. The van der Waals surface area contributed by atoms with Gasteiger partial charge < -0.3 is 0 Å². The molecule has 1 fully saturated rings. The Balaban J connectivity index is 1.89. The van der Waals surface area contributed by atoms with Gasteiger partial charge in [0.1, 0.15) is 0 Å². The number of aromatic nitrogens is 2. The minimum Gasteiger partial charge on any atom is -0.258 e. The first kappa shape index (κ1) is 20.5. The molecule has 0 aliphatic carbocycles. The molecule has 3 rings (SSSR count). The molecule has 0 atom stereocenters. The Morgan fingerprint density at radius 3 is 2.59 bits per heavy atom. The van der Waals surface area contributed by atoms with Crippen LogP contribution < -0.4 is 0 Å². The van der Waals surface area contributed by atoms with Crippen molar-refractivity contribution in [2.45, 2.75) is 44.7 Å². The van der Waals surface area contributed by atoms with Crippen LogP contribution in [0.2, 0.25) is 0 Å². The third kappa shape index (κ3) is 4.80. The highest BCUT2D eigenvalue weighted by Gasteiger charge is 2.29. The average molecular weight is 447 g/mol. The number of nitro benzene ring substituents is 1. The average Bonchev–Trinajstić information content (AvgIpc) is 3.10. The van der Waals surface area contributed by atoms with Crippen molar-refractivity contribution < 1.29 is 13.3 Å². The van der Waals surface area contributed by atoms with Crippen LogP contribution >= 0.6 is 34.9 Å². The smallest absolute Gasteiger partial charge is 0.258 e. The largest absolute Gasteiger partial charge is 0.284 e. The van der Waals surface area contributed by atoms with E-state index < -0.39 is 14.9 Å². The molecule has 0 radical (unpaired) electrons. The van der Waals surface area contributed by atoms with Crippen LogP contribution in [0.3, 0.4) is 0 Å². The second-order valence-corrected chi connectivity index (χ2v) is 11.4. The first-order valence-corrected chi connectivity index (χ1v) is 12.4. The van der Waals surface area contributed by atoms with E-state index in [1.165, 1.54) is 27.8 Å². The van der Waals surface area contributed by atoms with Crippen molar-refractivity contribution in [2.75, 3.05) is 18.8 Å². The van der Waals surface area contributed by atoms with Gasteiger partial charge in [-0.2, -0.15) is 4.31 Å². The second kappa shape index (κ2) is 8.86. The van der Waals surface area contributed by atoms with Crippen LogP contribution in [0, 0.1) is 10.1 Å². The lowest BCUT2D eigenvalue weighted by molar-refractivity contribution is -0.388. The number of thioether (sulfide) groups is 1. The number of rotatable bonds is 7. The zero-order chi connectivity index (χ0) is 19.4. The summed E-state index contributed by atoms with van der Waals surface area (Å²) in [6, 6.07) is 4.06. The van der Waals surface area contributed by atoms with Crippen molar-refractivity contribution in [3.05, 3.63) is 28.3 Å². The molecule has 1 aliphatic heterocycles. The van der Waals surface area contributed by atoms with Crippen LogP contribution in [0.4, 0.5) is 5.69 Å². The molecule has 2 heterocycles. The summed E-state index contributed by atoms with van der Waals surface area (Å²) in [7, 11) is -3.72. The van der Waals surface area contributed by atoms with Crippen molar-refractivity contribution in [1.82, 2.24) is 14.5 Å². The monoisotopic (exact) mass is 446 g/mol. The van der Waals surface area contributed by atoms with Crippen molar-refractivity contribution in [3.63, 3.8) is 0 Å². The zero-order valence-corrected chi connectivity index (χ0v) is 17.8. The summed E-state index contributed by atoms with van der Waals surface area (Å²) in [5.41, 5.74) is -0.238. The lowest BCUT2D eigenvalue weighted by Crippen LogP contribution is -2.35. The van der Waals surface area contributed by atoms with Gasteiger partial charge in [0.25, 0.3) is 5.69 Å². The number of hydrogen-bond acceptors (Lipinski definition) is 9. The van der Waals surface area contributed by atoms with Crippen LogP contribution in [0.5, 0.6) is 0 Å². The molecule has 27 heavy (non-hydrogen) atoms. The highest BCUT2D eigenvalue weighted by atomic mass is 32.2. The van der Waals surface area contributed by atoms with E-state index >= 15 is 0 Å². The lowest BCUT2D eigenvalue weighted by atomic mass is 10.2. The fourth-order valence-corrected chi connectivity index (χ4v) is 7.15. The maximum atomic E-state index is 12.8. The molecule has 0 saturated carbocycles. The van der Waals surface area contributed by atoms with Crippen molar-refractivity contribution in [1.29, 1.82) is 0 Å². The quantitative estimate of drug-likeness (QED) is 0.358. The predicted molar refractivity (Wildman–Crippen MR) is 106 cm³/mol. The molecular weight excluding hydrogens is 428 g/mol. The fourth-order valence-electron chi connectivity index (χ4n) is 2.66. The van der Waals surface area contributed by atoms with E-state index in [1.807, 2.05) is 6.92 Å². The summed E-state index contributed by atoms with van der Waals surface area (Å²) >= 11 is 4.04. The van der Waals surface area contributed by atoms with Crippen LogP contribution in [-0.2, 0) is 10.0 Å². The van der Waals surface area contributed by atoms with Crippen LogP contribution in [0.25, 0.3) is 0 Å². The molecule has 1 aromatic heterocycles. The van der Waals surface area contributed by atoms with Crippen molar-refractivity contribution in [3.8, 4) is 0 Å². The number of benzene rings is 1. The second-order valence-electron chi connectivity index (χ2n) is 5.72. The van der Waals surface area contributed by atoms with E-state index in [9.17, 15) is 18.5 Å². The first-order chi connectivity index (χ1) is 12.9. The zero-order valence-electron chi connectivity index (χ0n) is 14.5. The van der Waals surface area contributed by atoms with Gasteiger partial charge in [0, 0.05) is 19.2 Å². The molecule has 8 nitrogen and oxygen atoms in total. The van der Waals surface area contributed by atoms with Crippen LogP contribution in [0.1, 0.15) is 26.2 Å². The maximum absolute atomic E-state index is 12.8. The van der Waals surface area contributed by atoms with E-state index in [0.717, 1.165) is 47.2 Å². The molecule has 1 saturated heterocycles. The number of nitro groups is 1.